The molecule has 8 heteroatoms. The summed E-state index contributed by atoms with van der Waals surface area (Å²) in [6, 6.07) is 12.0. The maximum atomic E-state index is 5.76. The minimum absolute atomic E-state index is 0.637. The van der Waals surface area contributed by atoms with Crippen LogP contribution in [0.5, 0.6) is 5.75 Å². The van der Waals surface area contributed by atoms with Crippen molar-refractivity contribution in [1.82, 2.24) is 20.1 Å². The summed E-state index contributed by atoms with van der Waals surface area (Å²) in [5, 5.41) is 11.9. The van der Waals surface area contributed by atoms with E-state index in [4.69, 9.17) is 9.26 Å². The lowest BCUT2D eigenvalue weighted by Gasteiger charge is -2.20. The van der Waals surface area contributed by atoms with Gasteiger partial charge in [0.1, 0.15) is 23.5 Å². The second kappa shape index (κ2) is 7.49. The van der Waals surface area contributed by atoms with E-state index in [2.05, 4.69) is 31.9 Å². The Morgan fingerprint density at radius 1 is 1.12 bits per heavy atom. The van der Waals surface area contributed by atoms with Crippen molar-refractivity contribution < 1.29 is 9.26 Å². The molecule has 3 aromatic heterocycles. The van der Waals surface area contributed by atoms with Crippen molar-refractivity contribution in [2.75, 3.05) is 12.1 Å². The molecule has 2 aromatic carbocycles. The molecule has 8 nitrogen and oxygen atoms in total. The Kier molecular flexibility index (Phi) is 4.62. The minimum Gasteiger partial charge on any atom is -0.496 e. The van der Waals surface area contributed by atoms with E-state index < -0.39 is 0 Å². The van der Waals surface area contributed by atoms with Gasteiger partial charge in [-0.1, -0.05) is 23.4 Å². The van der Waals surface area contributed by atoms with E-state index in [0.717, 1.165) is 50.1 Å². The zero-order valence-electron chi connectivity index (χ0n) is 18.3. The van der Waals surface area contributed by atoms with E-state index in [0.29, 0.717) is 17.2 Å². The van der Waals surface area contributed by atoms with Gasteiger partial charge in [-0.15, -0.1) is 0 Å². The van der Waals surface area contributed by atoms with Crippen LogP contribution >= 0.6 is 0 Å². The van der Waals surface area contributed by atoms with Crippen LogP contribution in [-0.2, 0) is 0 Å². The zero-order valence-corrected chi connectivity index (χ0v) is 18.3. The van der Waals surface area contributed by atoms with E-state index in [1.165, 1.54) is 6.33 Å². The quantitative estimate of drug-likeness (QED) is 0.297. The first-order valence-electron chi connectivity index (χ1n) is 10.1. The van der Waals surface area contributed by atoms with Crippen LogP contribution in [0.1, 0.15) is 17.0 Å². The lowest BCUT2D eigenvalue weighted by atomic mass is 10.0. The number of ether oxygens (including phenoxy) is 1. The fourth-order valence-corrected chi connectivity index (χ4v) is 4.19. The highest BCUT2D eigenvalue weighted by atomic mass is 16.5. The summed E-state index contributed by atoms with van der Waals surface area (Å²) in [4.78, 5) is 12.4. The molecular formula is C24H22N6O2. The molecule has 0 aliphatic rings. The van der Waals surface area contributed by atoms with Gasteiger partial charge in [-0.05, 0) is 44.5 Å². The molecule has 0 unspecified atom stereocenters. The summed E-state index contributed by atoms with van der Waals surface area (Å²) < 4.78 is 11.1. The summed E-state index contributed by atoms with van der Waals surface area (Å²) in [5.74, 6) is 2.08. The third kappa shape index (κ3) is 2.91. The second-order valence-electron chi connectivity index (χ2n) is 7.58. The Hall–Kier alpha value is -4.20. The average molecular weight is 426 g/mol. The molecule has 32 heavy (non-hydrogen) atoms. The van der Waals surface area contributed by atoms with Crippen molar-refractivity contribution in [2.24, 2.45) is 5.10 Å². The van der Waals surface area contributed by atoms with Gasteiger partial charge in [-0.25, -0.2) is 15.0 Å². The van der Waals surface area contributed by atoms with Crippen LogP contribution in [-0.4, -0.2) is 33.9 Å². The Bertz CT molecular complexity index is 1460. The molecule has 0 aliphatic heterocycles. The molecule has 0 saturated carbocycles. The molecule has 160 valence electrons. The van der Waals surface area contributed by atoms with Gasteiger partial charge in [-0.2, -0.15) is 5.10 Å². The molecule has 0 aliphatic carbocycles. The topological polar surface area (TPSA) is 92.4 Å². The third-order valence-electron chi connectivity index (χ3n) is 5.68. The lowest BCUT2D eigenvalue weighted by Crippen LogP contribution is -2.11. The third-order valence-corrected chi connectivity index (χ3v) is 5.68. The summed E-state index contributed by atoms with van der Waals surface area (Å²) in [7, 11) is 1.65. The maximum absolute atomic E-state index is 5.76. The number of rotatable bonds is 5. The Morgan fingerprint density at radius 3 is 2.62 bits per heavy atom. The van der Waals surface area contributed by atoms with Crippen molar-refractivity contribution in [1.29, 1.82) is 0 Å². The van der Waals surface area contributed by atoms with Crippen molar-refractivity contribution in [3.8, 4) is 16.9 Å². The van der Waals surface area contributed by atoms with Crippen molar-refractivity contribution in [2.45, 2.75) is 20.8 Å². The highest BCUT2D eigenvalue weighted by Gasteiger charge is 2.22. The maximum Gasteiger partial charge on any atom is 0.167 e. The standard InChI is InChI=1S/C24H22N6O2/c1-13-8-6-7-9-19(13)30(25-4)24-22-16-11-20(31-5)17(21-14(2)29-32-15(21)3)10-18(16)28-23(22)26-12-27-24/h6-12H,4H2,1-3,5H3,(H,26,27,28). The van der Waals surface area contributed by atoms with Crippen LogP contribution in [0.2, 0.25) is 0 Å². The number of benzene rings is 2. The van der Waals surface area contributed by atoms with Crippen LogP contribution in [0, 0.1) is 20.8 Å². The number of anilines is 2. The predicted octanol–water partition coefficient (Wildman–Crippen LogP) is 5.45. The second-order valence-corrected chi connectivity index (χ2v) is 7.58. The molecule has 5 rings (SSSR count). The van der Waals surface area contributed by atoms with Crippen LogP contribution < -0.4 is 9.75 Å². The Balaban J connectivity index is 1.80. The molecule has 1 N–H and O–H groups in total. The SMILES string of the molecule is C=NN(c1ccccc1C)c1ncnc2[nH]c3cc(-c4c(C)noc4C)c(OC)cc3c12. The highest BCUT2D eigenvalue weighted by Crippen LogP contribution is 2.42. The molecule has 5 aromatic rings. The number of methoxy groups -OCH3 is 1. The lowest BCUT2D eigenvalue weighted by molar-refractivity contribution is 0.393. The largest absolute Gasteiger partial charge is 0.496 e. The number of para-hydroxylation sites is 1. The summed E-state index contributed by atoms with van der Waals surface area (Å²) in [5.41, 5.74) is 6.17. The number of aromatic nitrogens is 4. The number of aryl methyl sites for hydroxylation is 3. The van der Waals surface area contributed by atoms with Crippen molar-refractivity contribution >= 4 is 40.2 Å². The molecule has 0 bridgehead atoms. The summed E-state index contributed by atoms with van der Waals surface area (Å²) in [6.45, 7) is 9.63. The minimum atomic E-state index is 0.637. The first kappa shape index (κ1) is 19.7. The van der Waals surface area contributed by atoms with Gasteiger partial charge < -0.3 is 14.2 Å². The first-order valence-corrected chi connectivity index (χ1v) is 10.1. The van der Waals surface area contributed by atoms with E-state index in [1.807, 2.05) is 57.2 Å². The first-order chi connectivity index (χ1) is 15.5. The number of H-pyrrole nitrogens is 1. The smallest absolute Gasteiger partial charge is 0.167 e. The van der Waals surface area contributed by atoms with Gasteiger partial charge in [-0.3, -0.25) is 0 Å². The number of fused-ring (bicyclic) bond motifs is 3. The van der Waals surface area contributed by atoms with Gasteiger partial charge in [0.05, 0.1) is 29.4 Å². The van der Waals surface area contributed by atoms with Crippen LogP contribution in [0.15, 0.2) is 52.4 Å². The van der Waals surface area contributed by atoms with E-state index >= 15 is 0 Å². The predicted molar refractivity (Wildman–Crippen MR) is 126 cm³/mol. The van der Waals surface area contributed by atoms with Gasteiger partial charge >= 0.3 is 0 Å². The number of nitrogens with zero attached hydrogens (tertiary/aromatic N) is 5. The highest BCUT2D eigenvalue weighted by molar-refractivity contribution is 6.13. The number of hydrogen-bond acceptors (Lipinski definition) is 7. The normalized spacial score (nSPS) is 11.2. The fraction of sp³-hybridized carbons (Fsp3) is 0.167. The van der Waals surface area contributed by atoms with Crippen LogP contribution in [0.3, 0.4) is 0 Å². The molecular weight excluding hydrogens is 404 g/mol. The molecule has 0 saturated heterocycles. The van der Waals surface area contributed by atoms with Gasteiger partial charge in [0.25, 0.3) is 0 Å². The fourth-order valence-electron chi connectivity index (χ4n) is 4.19. The monoisotopic (exact) mass is 426 g/mol. The summed E-state index contributed by atoms with van der Waals surface area (Å²) >= 11 is 0. The van der Waals surface area contributed by atoms with E-state index in [9.17, 15) is 0 Å². The molecule has 0 radical (unpaired) electrons. The molecule has 0 spiro atoms. The number of hydrogen-bond donors (Lipinski definition) is 1. The number of nitrogens with one attached hydrogen (secondary N) is 1. The van der Waals surface area contributed by atoms with Crippen molar-refractivity contribution in [3.63, 3.8) is 0 Å². The van der Waals surface area contributed by atoms with E-state index in [-0.39, 0.29) is 0 Å². The van der Waals surface area contributed by atoms with Crippen molar-refractivity contribution in [3.05, 3.63) is 59.7 Å². The van der Waals surface area contributed by atoms with Crippen LogP contribution in [0.25, 0.3) is 33.1 Å². The molecule has 0 amide bonds. The summed E-state index contributed by atoms with van der Waals surface area (Å²) in [6.07, 6.45) is 1.52. The Labute approximate surface area is 184 Å². The van der Waals surface area contributed by atoms with Gasteiger partial charge in [0.15, 0.2) is 5.82 Å². The van der Waals surface area contributed by atoms with Gasteiger partial charge in [0, 0.05) is 23.2 Å². The molecule has 3 heterocycles. The number of hydrazone groups is 1. The van der Waals surface area contributed by atoms with Crippen LogP contribution in [0.4, 0.5) is 11.5 Å². The molecule has 0 atom stereocenters. The molecule has 0 fully saturated rings. The van der Waals surface area contributed by atoms with E-state index in [1.54, 1.807) is 12.1 Å². The van der Waals surface area contributed by atoms with Gasteiger partial charge in [0.2, 0.25) is 0 Å². The number of aromatic amines is 1. The average Bonchev–Trinajstić information content (AvgIpc) is 3.33. The zero-order chi connectivity index (χ0) is 22.4. The Morgan fingerprint density at radius 2 is 1.94 bits per heavy atom.